The Balaban J connectivity index is 0.000000542. The average molecular weight is 1480 g/mol. The van der Waals surface area contributed by atoms with Crippen molar-refractivity contribution in [1.82, 2.24) is 0 Å². The second-order valence-electron chi connectivity index (χ2n) is 16.1. The molecule has 0 unspecified atom stereocenters. The first-order chi connectivity index (χ1) is 34.8. The van der Waals surface area contributed by atoms with E-state index in [4.69, 9.17) is 47.4 Å². The number of unbranched alkanes of at least 4 members (excludes halogenated alkanes) is 10. The molecule has 0 aliphatic heterocycles. The van der Waals surface area contributed by atoms with Gasteiger partial charge in [-0.15, -0.1) is 0 Å². The Morgan fingerprint density at radius 2 is 0.459 bits per heavy atom. The van der Waals surface area contributed by atoms with Crippen molar-refractivity contribution in [3.05, 3.63) is 182 Å². The summed E-state index contributed by atoms with van der Waals surface area (Å²) in [7, 11) is -3.22. The summed E-state index contributed by atoms with van der Waals surface area (Å²) in [6, 6.07) is 67.5. The van der Waals surface area contributed by atoms with Crippen molar-refractivity contribution in [1.29, 1.82) is 0 Å². The van der Waals surface area contributed by atoms with Crippen LogP contribution in [0, 0.1) is 0 Å². The Labute approximate surface area is 475 Å². The molecule has 6 rings (SSSR count). The monoisotopic (exact) mass is 1480 g/mol. The third-order valence-electron chi connectivity index (χ3n) is 10.9. The predicted octanol–water partition coefficient (Wildman–Crippen LogP) is 11.6. The number of benzene rings is 6. The van der Waals surface area contributed by atoms with Crippen molar-refractivity contribution in [3.63, 3.8) is 0 Å². The van der Waals surface area contributed by atoms with Crippen LogP contribution in [0.3, 0.4) is 0 Å². The zero-order chi connectivity index (χ0) is 55.6. The van der Waals surface area contributed by atoms with Crippen LogP contribution < -0.4 is 40.2 Å². The molecule has 0 heterocycles. The molecule has 22 heteroatoms. The summed E-state index contributed by atoms with van der Waals surface area (Å²) in [5.41, 5.74) is 0. The van der Waals surface area contributed by atoms with Gasteiger partial charge in [-0.05, 0) is 98.5 Å². The first kappa shape index (κ1) is 70.4. The van der Waals surface area contributed by atoms with Crippen LogP contribution in [0.2, 0.25) is 0 Å². The third kappa shape index (κ3) is 33.7. The maximum absolute atomic E-state index is 9.16. The van der Waals surface area contributed by atoms with Crippen LogP contribution >= 0.6 is 71.0 Å². The topological polar surface area (TPSA) is 223 Å². The summed E-state index contributed by atoms with van der Waals surface area (Å²) < 4.78 is 106. The molecule has 0 bridgehead atoms. The molecule has 0 aliphatic carbocycles. The van der Waals surface area contributed by atoms with Gasteiger partial charge in [-0.25, -0.2) is 0 Å². The van der Waals surface area contributed by atoms with Crippen LogP contribution in [0.1, 0.15) is 90.9 Å². The van der Waals surface area contributed by atoms with E-state index in [0.29, 0.717) is 0 Å². The summed E-state index contributed by atoms with van der Waals surface area (Å²) in [6.07, 6.45) is 18.7. The van der Waals surface area contributed by atoms with Crippen LogP contribution in [0.15, 0.2) is 182 Å². The molecule has 0 radical (unpaired) electrons. The molecule has 0 atom stereocenters. The average Bonchev–Trinajstić information content (AvgIpc) is 3.34. The Morgan fingerprint density at radius 1 is 0.324 bits per heavy atom. The second-order valence-corrected chi connectivity index (χ2v) is 40.3. The van der Waals surface area contributed by atoms with Gasteiger partial charge in [0.15, 0.2) is 0 Å². The molecule has 0 saturated carbocycles. The van der Waals surface area contributed by atoms with Gasteiger partial charge in [0.2, 0.25) is 0 Å². The molecule has 2 N–H and O–H groups in total. The van der Waals surface area contributed by atoms with E-state index >= 15 is 0 Å². The molecule has 412 valence electrons. The van der Waals surface area contributed by atoms with E-state index in [9.17, 15) is 0 Å². The van der Waals surface area contributed by atoms with Gasteiger partial charge in [-0.2, -0.15) is 0 Å². The first-order valence-electron chi connectivity index (χ1n) is 23.3. The van der Waals surface area contributed by atoms with Gasteiger partial charge in [-0.3, -0.25) is 0 Å². The summed E-state index contributed by atoms with van der Waals surface area (Å²) in [6.45, 7) is 4.58. The van der Waals surface area contributed by atoms with Crippen molar-refractivity contribution in [3.8, 4) is 0 Å². The van der Waals surface area contributed by atoms with Crippen molar-refractivity contribution in [2.24, 2.45) is 0 Å². The van der Waals surface area contributed by atoms with E-state index in [1.807, 2.05) is 56.4 Å². The van der Waals surface area contributed by atoms with Gasteiger partial charge in [0.25, 0.3) is 0 Å². The van der Waals surface area contributed by atoms with Gasteiger partial charge < -0.3 is 0 Å². The molecule has 0 amide bonds. The van der Waals surface area contributed by atoms with E-state index < -0.39 is 59.4 Å². The Morgan fingerprint density at radius 3 is 0.608 bits per heavy atom. The van der Waals surface area contributed by atoms with Gasteiger partial charge in [0.1, 0.15) is 46.4 Å². The molecule has 0 aliphatic rings. The zero-order valence-electron chi connectivity index (χ0n) is 41.1. The fraction of sp³-hybridized carbons (Fsp3) is 0.308. The second kappa shape index (κ2) is 38.1. The van der Waals surface area contributed by atoms with Crippen molar-refractivity contribution < 1.29 is 92.4 Å². The standard InChI is InChI=1S/2C26H32P.4BrH.4Mn.2H2O.10O/c2*1-2-3-4-5-6-16-23-27(24-17-10-7-11-18-24,25-19-12-8-13-20-25)26-21-14-9-15-22-26;;;;;;;;;;;;;;;;;;;;/h2*7-15,17-22H,2-6,16,23H2,1H3;4*1H;;;;;2*1H2;;;;;;;;;;/q2*+1;;;;;2*+1;2*+2;;;;;;;;;;;2*-1/p-6. The molecule has 74 heavy (non-hydrogen) atoms. The summed E-state index contributed by atoms with van der Waals surface area (Å²) in [5.74, 6) is 0. The van der Waals surface area contributed by atoms with Crippen molar-refractivity contribution in [2.75, 3.05) is 12.3 Å². The van der Waals surface area contributed by atoms with Crippen LogP contribution in [0.5, 0.6) is 0 Å². The van der Waals surface area contributed by atoms with E-state index in [1.54, 1.807) is 0 Å². The quantitative estimate of drug-likeness (QED) is 0.0414. The Kier molecular flexibility index (Phi) is 36.3. The zero-order valence-corrected chi connectivity index (χ0v) is 54.0. The van der Waals surface area contributed by atoms with E-state index in [0.717, 1.165) is 0 Å². The fourth-order valence-electron chi connectivity index (χ4n) is 8.02. The predicted molar refractivity (Wildman–Crippen MR) is 292 cm³/mol. The number of hydrogen-bond acceptors (Lipinski definition) is 10. The maximum atomic E-state index is 9.16. The summed E-state index contributed by atoms with van der Waals surface area (Å²) in [4.78, 5) is 0. The summed E-state index contributed by atoms with van der Waals surface area (Å²) in [5, 5.41) is 9.06. The van der Waals surface area contributed by atoms with Gasteiger partial charge in [0.05, 0.1) is 12.3 Å². The van der Waals surface area contributed by atoms with Crippen molar-refractivity contribution in [2.45, 2.75) is 90.9 Å². The molecule has 6 aromatic carbocycles. The molecule has 0 spiro atoms. The Bertz CT molecular complexity index is 2370. The normalized spacial score (nSPS) is 11.5. The molecular weight excluding hydrogens is 1420 g/mol. The van der Waals surface area contributed by atoms with Crippen LogP contribution in [-0.2, 0) is 75.6 Å². The van der Waals surface area contributed by atoms with Crippen molar-refractivity contribution >= 4 is 103 Å². The number of rotatable bonds is 20. The SMILES string of the molecule is CCCCCCCC[P+](c1ccccc1)(c1ccccc1)c1ccccc1.CCCCCCCC[P+](c1ccccc1)(c1ccccc1)c1ccccc1.[O]=[Mn](=[O])([O-])[Br].[O]=[Mn](=[O])([O-])[Br].[O]=[Mn](=[O])([OH])[Br].[O]=[Mn](=[O])([OH])[Br]. The van der Waals surface area contributed by atoms with E-state index in [1.165, 1.54) is 121 Å². The van der Waals surface area contributed by atoms with Gasteiger partial charge in [-0.1, -0.05) is 174 Å². The van der Waals surface area contributed by atoms with Crippen LogP contribution in [0.25, 0.3) is 0 Å². The third-order valence-corrected chi connectivity index (χ3v) is 19.9. The molecule has 6 aromatic rings. The molecule has 0 saturated heterocycles. The number of halogens is 4. The molecule has 12 nitrogen and oxygen atoms in total. The number of hydrogen-bond donors (Lipinski definition) is 2. The Hall–Kier alpha value is -1.58. The van der Waals surface area contributed by atoms with Gasteiger partial charge in [0, 0.05) is 0 Å². The molecular formula is C52H66Br4Mn4O12P2. The fourth-order valence-corrected chi connectivity index (χ4v) is 16.8. The molecule has 0 aromatic heterocycles. The summed E-state index contributed by atoms with van der Waals surface area (Å²) >= 11 is -10.1. The van der Waals surface area contributed by atoms with Crippen LogP contribution in [0.4, 0.5) is 0 Å². The van der Waals surface area contributed by atoms with Crippen LogP contribution in [-0.4, -0.2) is 20.7 Å². The minimum atomic E-state index is -4.56. The minimum absolute atomic E-state index is 1.26. The molecule has 0 fully saturated rings. The van der Waals surface area contributed by atoms with Gasteiger partial charge >= 0.3 is 149 Å². The van der Waals surface area contributed by atoms with E-state index in [2.05, 4.69) is 196 Å². The first-order valence-corrected chi connectivity index (χ1v) is 44.8. The van der Waals surface area contributed by atoms with E-state index in [-0.39, 0.29) is 0 Å².